The third-order valence-corrected chi connectivity index (χ3v) is 3.71. The lowest BCUT2D eigenvalue weighted by Gasteiger charge is -2.34. The fourth-order valence-corrected chi connectivity index (χ4v) is 2.71. The number of nitrogens with zero attached hydrogens (tertiary/aromatic N) is 1. The third-order valence-electron chi connectivity index (χ3n) is 3.71. The Bertz CT molecular complexity index is 414. The van der Waals surface area contributed by atoms with Crippen LogP contribution >= 0.6 is 0 Å². The van der Waals surface area contributed by atoms with Crippen molar-refractivity contribution in [1.29, 1.82) is 0 Å². The zero-order valence-electron chi connectivity index (χ0n) is 10.8. The van der Waals surface area contributed by atoms with E-state index in [1.807, 2.05) is 6.07 Å². The summed E-state index contributed by atoms with van der Waals surface area (Å²) in [4.78, 5) is 2.43. The van der Waals surface area contributed by atoms with Crippen LogP contribution in [0.2, 0.25) is 0 Å². The minimum Gasteiger partial charge on any atom is -0.454 e. The largest absolute Gasteiger partial charge is 0.454 e. The normalized spacial score (nSPS) is 19.3. The molecule has 0 spiro atoms. The highest BCUT2D eigenvalue weighted by Crippen LogP contribution is 2.36. The first kappa shape index (κ1) is 11.7. The lowest BCUT2D eigenvalue weighted by molar-refractivity contribution is 0.174. The van der Waals surface area contributed by atoms with Gasteiger partial charge < -0.3 is 19.7 Å². The molecule has 0 radical (unpaired) electrons. The number of anilines is 1. The van der Waals surface area contributed by atoms with Crippen molar-refractivity contribution in [2.24, 2.45) is 0 Å². The highest BCUT2D eigenvalue weighted by molar-refractivity contribution is 5.57. The van der Waals surface area contributed by atoms with E-state index in [4.69, 9.17) is 9.47 Å². The fraction of sp³-hybridized carbons (Fsp3) is 0.571. The summed E-state index contributed by atoms with van der Waals surface area (Å²) >= 11 is 0. The SMILES string of the molecule is CCNC1CCN(c2ccc3c(c2)OCO3)CC1. The van der Waals surface area contributed by atoms with Gasteiger partial charge in [-0.15, -0.1) is 0 Å². The Morgan fingerprint density at radius 2 is 2.00 bits per heavy atom. The van der Waals surface area contributed by atoms with Gasteiger partial charge in [-0.2, -0.15) is 0 Å². The summed E-state index contributed by atoms with van der Waals surface area (Å²) in [6.07, 6.45) is 2.42. The number of benzene rings is 1. The zero-order valence-corrected chi connectivity index (χ0v) is 10.8. The van der Waals surface area contributed by atoms with Crippen LogP contribution in [-0.4, -0.2) is 32.5 Å². The van der Waals surface area contributed by atoms with Crippen LogP contribution in [0.3, 0.4) is 0 Å². The topological polar surface area (TPSA) is 33.7 Å². The van der Waals surface area contributed by atoms with Gasteiger partial charge in [-0.05, 0) is 31.5 Å². The number of rotatable bonds is 3. The zero-order chi connectivity index (χ0) is 12.4. The quantitative estimate of drug-likeness (QED) is 0.887. The van der Waals surface area contributed by atoms with Gasteiger partial charge in [0.1, 0.15) is 0 Å². The minimum absolute atomic E-state index is 0.348. The van der Waals surface area contributed by atoms with E-state index in [2.05, 4.69) is 29.3 Å². The van der Waals surface area contributed by atoms with E-state index in [1.165, 1.54) is 18.5 Å². The Hall–Kier alpha value is -1.42. The van der Waals surface area contributed by atoms with E-state index in [-0.39, 0.29) is 0 Å². The molecule has 0 saturated carbocycles. The van der Waals surface area contributed by atoms with Gasteiger partial charge in [0.2, 0.25) is 6.79 Å². The molecule has 0 aromatic heterocycles. The molecule has 0 unspecified atom stereocenters. The Morgan fingerprint density at radius 1 is 1.22 bits per heavy atom. The smallest absolute Gasteiger partial charge is 0.231 e. The predicted molar refractivity (Wildman–Crippen MR) is 71.5 cm³/mol. The average Bonchev–Trinajstić information content (AvgIpc) is 2.87. The number of fused-ring (bicyclic) bond motifs is 1. The van der Waals surface area contributed by atoms with Gasteiger partial charge in [0.15, 0.2) is 11.5 Å². The van der Waals surface area contributed by atoms with Gasteiger partial charge in [-0.1, -0.05) is 6.92 Å². The van der Waals surface area contributed by atoms with Gasteiger partial charge in [-0.25, -0.2) is 0 Å². The first-order valence-corrected chi connectivity index (χ1v) is 6.75. The average molecular weight is 248 g/mol. The summed E-state index contributed by atoms with van der Waals surface area (Å²) in [5, 5.41) is 3.53. The highest BCUT2D eigenvalue weighted by Gasteiger charge is 2.20. The molecule has 4 heteroatoms. The Morgan fingerprint density at radius 3 is 2.78 bits per heavy atom. The lowest BCUT2D eigenvalue weighted by atomic mass is 10.0. The standard InChI is InChI=1S/C14H20N2O2/c1-2-15-11-5-7-16(8-6-11)12-3-4-13-14(9-12)18-10-17-13/h3-4,9,11,15H,2,5-8,10H2,1H3. The molecule has 2 aliphatic heterocycles. The second-order valence-electron chi connectivity index (χ2n) is 4.86. The van der Waals surface area contributed by atoms with Crippen LogP contribution < -0.4 is 19.7 Å². The Kier molecular flexibility index (Phi) is 3.28. The van der Waals surface area contributed by atoms with Crippen LogP contribution in [0, 0.1) is 0 Å². The van der Waals surface area contributed by atoms with Gasteiger partial charge in [0.05, 0.1) is 0 Å². The molecule has 0 atom stereocenters. The van der Waals surface area contributed by atoms with E-state index in [1.54, 1.807) is 0 Å². The summed E-state index contributed by atoms with van der Waals surface area (Å²) in [6.45, 7) is 5.80. The molecule has 0 amide bonds. The maximum atomic E-state index is 5.43. The second-order valence-corrected chi connectivity index (χ2v) is 4.86. The number of nitrogens with one attached hydrogen (secondary N) is 1. The van der Waals surface area contributed by atoms with Crippen LogP contribution in [0.5, 0.6) is 11.5 Å². The molecule has 2 aliphatic rings. The Labute approximate surface area is 108 Å². The van der Waals surface area contributed by atoms with E-state index in [0.717, 1.165) is 31.1 Å². The molecular formula is C14H20N2O2. The summed E-state index contributed by atoms with van der Waals surface area (Å²) < 4.78 is 10.8. The van der Waals surface area contributed by atoms with Gasteiger partial charge in [0.25, 0.3) is 0 Å². The van der Waals surface area contributed by atoms with Crippen molar-refractivity contribution in [3.8, 4) is 11.5 Å². The number of ether oxygens (including phenoxy) is 2. The highest BCUT2D eigenvalue weighted by atomic mass is 16.7. The summed E-state index contributed by atoms with van der Waals surface area (Å²) in [6, 6.07) is 6.91. The second kappa shape index (κ2) is 5.06. The number of hydrogen-bond acceptors (Lipinski definition) is 4. The molecule has 1 aromatic carbocycles. The molecule has 4 nitrogen and oxygen atoms in total. The maximum absolute atomic E-state index is 5.43. The molecule has 98 valence electrons. The minimum atomic E-state index is 0.348. The van der Waals surface area contributed by atoms with Gasteiger partial charge in [-0.3, -0.25) is 0 Å². The van der Waals surface area contributed by atoms with E-state index >= 15 is 0 Å². The van der Waals surface area contributed by atoms with E-state index in [9.17, 15) is 0 Å². The van der Waals surface area contributed by atoms with Crippen molar-refractivity contribution in [1.82, 2.24) is 5.32 Å². The first-order chi connectivity index (χ1) is 8.86. The molecule has 1 aromatic rings. The molecule has 0 bridgehead atoms. The van der Waals surface area contributed by atoms with Crippen LogP contribution in [0.15, 0.2) is 18.2 Å². The first-order valence-electron chi connectivity index (χ1n) is 6.75. The van der Waals surface area contributed by atoms with Crippen molar-refractivity contribution < 1.29 is 9.47 Å². The van der Waals surface area contributed by atoms with Crippen molar-refractivity contribution >= 4 is 5.69 Å². The predicted octanol–water partition coefficient (Wildman–Crippen LogP) is 1.99. The Balaban J connectivity index is 1.66. The molecule has 1 saturated heterocycles. The number of piperidine rings is 1. The summed E-state index contributed by atoms with van der Waals surface area (Å²) in [7, 11) is 0. The van der Waals surface area contributed by atoms with Crippen molar-refractivity contribution in [2.75, 3.05) is 31.3 Å². The lowest BCUT2D eigenvalue weighted by Crippen LogP contribution is -2.42. The molecular weight excluding hydrogens is 228 g/mol. The van der Waals surface area contributed by atoms with Crippen LogP contribution in [-0.2, 0) is 0 Å². The van der Waals surface area contributed by atoms with Crippen LogP contribution in [0.25, 0.3) is 0 Å². The van der Waals surface area contributed by atoms with E-state index < -0.39 is 0 Å². The molecule has 18 heavy (non-hydrogen) atoms. The number of hydrogen-bond donors (Lipinski definition) is 1. The maximum Gasteiger partial charge on any atom is 0.231 e. The molecule has 1 fully saturated rings. The fourth-order valence-electron chi connectivity index (χ4n) is 2.71. The summed E-state index contributed by atoms with van der Waals surface area (Å²) in [5.74, 6) is 1.74. The van der Waals surface area contributed by atoms with Gasteiger partial charge in [0, 0.05) is 30.9 Å². The van der Waals surface area contributed by atoms with Crippen molar-refractivity contribution in [2.45, 2.75) is 25.8 Å². The third kappa shape index (κ3) is 2.25. The van der Waals surface area contributed by atoms with Gasteiger partial charge >= 0.3 is 0 Å². The molecule has 3 rings (SSSR count). The molecule has 2 heterocycles. The van der Waals surface area contributed by atoms with Crippen LogP contribution in [0.4, 0.5) is 5.69 Å². The monoisotopic (exact) mass is 248 g/mol. The van der Waals surface area contributed by atoms with Crippen LogP contribution in [0.1, 0.15) is 19.8 Å². The molecule has 0 aliphatic carbocycles. The van der Waals surface area contributed by atoms with Crippen molar-refractivity contribution in [3.05, 3.63) is 18.2 Å². The van der Waals surface area contributed by atoms with Crippen molar-refractivity contribution in [3.63, 3.8) is 0 Å². The van der Waals surface area contributed by atoms with E-state index in [0.29, 0.717) is 12.8 Å². The molecule has 1 N–H and O–H groups in total. The summed E-state index contributed by atoms with van der Waals surface area (Å²) in [5.41, 5.74) is 1.24.